The summed E-state index contributed by atoms with van der Waals surface area (Å²) in [7, 11) is 0. The Hall–Kier alpha value is -0.520. The summed E-state index contributed by atoms with van der Waals surface area (Å²) < 4.78 is 0. The molecule has 0 spiro atoms. The smallest absolute Gasteiger partial charge is 0.0573 e. The summed E-state index contributed by atoms with van der Waals surface area (Å²) in [4.78, 5) is 2.58. The highest BCUT2D eigenvalue weighted by Gasteiger charge is 2.12. The number of hydrogen-bond acceptors (Lipinski definition) is 2. The zero-order chi connectivity index (χ0) is 10.2. The van der Waals surface area contributed by atoms with Gasteiger partial charge in [-0.3, -0.25) is 0 Å². The molecule has 1 aliphatic heterocycles. The van der Waals surface area contributed by atoms with Crippen molar-refractivity contribution in [2.45, 2.75) is 26.2 Å². The summed E-state index contributed by atoms with van der Waals surface area (Å²) in [6.45, 7) is 7.83. The third-order valence-electron chi connectivity index (χ3n) is 2.74. The number of rotatable bonds is 5. The van der Waals surface area contributed by atoms with Crippen LogP contribution in [0.5, 0.6) is 0 Å². The molecular weight excluding hydrogens is 172 g/mol. The van der Waals surface area contributed by atoms with E-state index in [2.05, 4.69) is 23.1 Å². The molecule has 2 heteroatoms. The van der Waals surface area contributed by atoms with Crippen LogP contribution in [0.1, 0.15) is 26.2 Å². The van der Waals surface area contributed by atoms with Crippen molar-refractivity contribution in [3.63, 3.8) is 0 Å². The van der Waals surface area contributed by atoms with Crippen LogP contribution >= 0.6 is 0 Å². The molecule has 0 aromatic rings. The highest BCUT2D eigenvalue weighted by Crippen LogP contribution is 2.10. The summed E-state index contributed by atoms with van der Waals surface area (Å²) in [6.07, 6.45) is 9.35. The van der Waals surface area contributed by atoms with E-state index in [0.29, 0.717) is 12.5 Å². The van der Waals surface area contributed by atoms with Gasteiger partial charge in [-0.2, -0.15) is 0 Å². The number of hydrogen-bond donors (Lipinski definition) is 1. The lowest BCUT2D eigenvalue weighted by Gasteiger charge is -2.29. The summed E-state index contributed by atoms with van der Waals surface area (Å²) in [6, 6.07) is 0. The Morgan fingerprint density at radius 2 is 2.07 bits per heavy atom. The molecule has 1 N–H and O–H groups in total. The van der Waals surface area contributed by atoms with Gasteiger partial charge < -0.3 is 10.2 Å². The second kappa shape index (κ2) is 6.86. The van der Waals surface area contributed by atoms with Crippen molar-refractivity contribution in [2.24, 2.45) is 5.92 Å². The fourth-order valence-electron chi connectivity index (χ4n) is 2.04. The first-order valence-electron chi connectivity index (χ1n) is 5.69. The number of nitrogens with one attached hydrogen (secondary N) is 1. The maximum atomic E-state index is 5.18. The topological polar surface area (TPSA) is 15.3 Å². The monoisotopic (exact) mass is 194 g/mol. The van der Waals surface area contributed by atoms with Crippen molar-refractivity contribution in [1.82, 2.24) is 10.2 Å². The van der Waals surface area contributed by atoms with Gasteiger partial charge >= 0.3 is 0 Å². The molecule has 0 bridgehead atoms. The van der Waals surface area contributed by atoms with Crippen molar-refractivity contribution in [3.8, 4) is 12.3 Å². The van der Waals surface area contributed by atoms with Gasteiger partial charge in [0, 0.05) is 6.54 Å². The van der Waals surface area contributed by atoms with Crippen LogP contribution in [0.4, 0.5) is 0 Å². The van der Waals surface area contributed by atoms with Gasteiger partial charge in [-0.25, -0.2) is 0 Å². The van der Waals surface area contributed by atoms with Crippen LogP contribution in [0.25, 0.3) is 0 Å². The lowest BCUT2D eigenvalue weighted by Crippen LogP contribution is -2.36. The molecule has 1 rings (SSSR count). The Morgan fingerprint density at radius 3 is 2.71 bits per heavy atom. The standard InChI is InChI=1S/C12H22N2/c1-3-7-13-10-12(2)11-14-8-5-4-6-9-14/h1,12-13H,4-11H2,2H3. The normalized spacial score (nSPS) is 20.3. The number of likely N-dealkylation sites (tertiary alicyclic amines) is 1. The third kappa shape index (κ3) is 4.64. The zero-order valence-electron chi connectivity index (χ0n) is 9.26. The Morgan fingerprint density at radius 1 is 1.36 bits per heavy atom. The Bertz CT molecular complexity index is 177. The van der Waals surface area contributed by atoms with E-state index in [4.69, 9.17) is 6.42 Å². The van der Waals surface area contributed by atoms with Gasteiger partial charge in [0.05, 0.1) is 6.54 Å². The first kappa shape index (κ1) is 11.6. The summed E-state index contributed by atoms with van der Waals surface area (Å²) >= 11 is 0. The van der Waals surface area contributed by atoms with E-state index in [0.717, 1.165) is 6.54 Å². The van der Waals surface area contributed by atoms with E-state index < -0.39 is 0 Å². The average Bonchev–Trinajstić information content (AvgIpc) is 2.20. The minimum Gasteiger partial charge on any atom is -0.306 e. The fourth-order valence-corrected chi connectivity index (χ4v) is 2.04. The minimum atomic E-state index is 0.699. The largest absolute Gasteiger partial charge is 0.306 e. The van der Waals surface area contributed by atoms with Crippen LogP contribution in [0, 0.1) is 18.3 Å². The van der Waals surface area contributed by atoms with Gasteiger partial charge in [-0.1, -0.05) is 19.3 Å². The van der Waals surface area contributed by atoms with Crippen molar-refractivity contribution in [1.29, 1.82) is 0 Å². The van der Waals surface area contributed by atoms with Crippen molar-refractivity contribution >= 4 is 0 Å². The number of nitrogens with zero attached hydrogens (tertiary/aromatic N) is 1. The first-order valence-corrected chi connectivity index (χ1v) is 5.69. The van der Waals surface area contributed by atoms with Gasteiger partial charge in [0.2, 0.25) is 0 Å². The second-order valence-corrected chi connectivity index (χ2v) is 4.30. The van der Waals surface area contributed by atoms with E-state index in [1.54, 1.807) is 0 Å². The molecule has 0 aliphatic carbocycles. The molecule has 14 heavy (non-hydrogen) atoms. The van der Waals surface area contributed by atoms with Gasteiger partial charge in [0.15, 0.2) is 0 Å². The molecule has 0 aromatic heterocycles. The predicted octanol–water partition coefficient (Wildman–Crippen LogP) is 1.33. The van der Waals surface area contributed by atoms with Gasteiger partial charge in [-0.05, 0) is 38.4 Å². The van der Waals surface area contributed by atoms with Gasteiger partial charge in [0.25, 0.3) is 0 Å². The molecule has 1 saturated heterocycles. The Labute approximate surface area is 88.1 Å². The van der Waals surface area contributed by atoms with E-state index in [9.17, 15) is 0 Å². The highest BCUT2D eigenvalue weighted by molar-refractivity contribution is 4.86. The maximum Gasteiger partial charge on any atom is 0.0573 e. The van der Waals surface area contributed by atoms with Crippen LogP contribution in [0.2, 0.25) is 0 Å². The molecule has 0 amide bonds. The van der Waals surface area contributed by atoms with Crippen molar-refractivity contribution in [3.05, 3.63) is 0 Å². The van der Waals surface area contributed by atoms with E-state index in [1.807, 2.05) is 0 Å². The Balaban J connectivity index is 2.06. The first-order chi connectivity index (χ1) is 6.83. The zero-order valence-corrected chi connectivity index (χ0v) is 9.26. The average molecular weight is 194 g/mol. The molecule has 0 saturated carbocycles. The lowest BCUT2D eigenvalue weighted by atomic mass is 10.1. The van der Waals surface area contributed by atoms with Crippen LogP contribution < -0.4 is 5.32 Å². The Kier molecular flexibility index (Phi) is 5.66. The van der Waals surface area contributed by atoms with Crippen LogP contribution in [0.3, 0.4) is 0 Å². The molecule has 1 aliphatic rings. The van der Waals surface area contributed by atoms with Gasteiger partial charge in [0.1, 0.15) is 0 Å². The maximum absolute atomic E-state index is 5.18. The van der Waals surface area contributed by atoms with Crippen LogP contribution in [-0.4, -0.2) is 37.6 Å². The molecule has 0 aromatic carbocycles. The molecule has 80 valence electrons. The molecule has 2 nitrogen and oxygen atoms in total. The van der Waals surface area contributed by atoms with Gasteiger partial charge in [-0.15, -0.1) is 6.42 Å². The quantitative estimate of drug-likeness (QED) is 0.525. The minimum absolute atomic E-state index is 0.699. The number of piperidine rings is 1. The summed E-state index contributed by atoms with van der Waals surface area (Å²) in [5, 5.41) is 3.26. The summed E-state index contributed by atoms with van der Waals surface area (Å²) in [5.41, 5.74) is 0. The lowest BCUT2D eigenvalue weighted by molar-refractivity contribution is 0.199. The SMILES string of the molecule is C#CCNCC(C)CN1CCCCC1. The molecular formula is C12H22N2. The molecule has 1 heterocycles. The second-order valence-electron chi connectivity index (χ2n) is 4.30. The van der Waals surface area contributed by atoms with E-state index in [1.165, 1.54) is 38.9 Å². The van der Waals surface area contributed by atoms with E-state index >= 15 is 0 Å². The van der Waals surface area contributed by atoms with E-state index in [-0.39, 0.29) is 0 Å². The molecule has 1 unspecified atom stereocenters. The number of terminal acetylenes is 1. The van der Waals surface area contributed by atoms with Crippen molar-refractivity contribution < 1.29 is 0 Å². The molecule has 1 atom stereocenters. The predicted molar refractivity (Wildman–Crippen MR) is 61.2 cm³/mol. The molecule has 0 radical (unpaired) electrons. The van der Waals surface area contributed by atoms with Crippen LogP contribution in [-0.2, 0) is 0 Å². The highest BCUT2D eigenvalue weighted by atomic mass is 15.1. The van der Waals surface area contributed by atoms with Crippen LogP contribution in [0.15, 0.2) is 0 Å². The van der Waals surface area contributed by atoms with Crippen molar-refractivity contribution in [2.75, 3.05) is 32.7 Å². The fraction of sp³-hybridized carbons (Fsp3) is 0.833. The third-order valence-corrected chi connectivity index (χ3v) is 2.74. The molecule has 1 fully saturated rings. The summed E-state index contributed by atoms with van der Waals surface area (Å²) in [5.74, 6) is 3.31.